The van der Waals surface area contributed by atoms with E-state index in [9.17, 15) is 0 Å². The zero-order valence-corrected chi connectivity index (χ0v) is 74.6. The summed E-state index contributed by atoms with van der Waals surface area (Å²) in [6, 6.07) is 134. The molecule has 12 aromatic heterocycles. The number of rotatable bonds is 12. The summed E-state index contributed by atoms with van der Waals surface area (Å²) < 4.78 is 13.1. The number of aromatic nitrogens is 15. The minimum absolute atomic E-state index is 0. The van der Waals surface area contributed by atoms with Gasteiger partial charge < -0.3 is 42.4 Å². The van der Waals surface area contributed by atoms with Crippen LogP contribution in [0.3, 0.4) is 0 Å². The predicted molar refractivity (Wildman–Crippen MR) is 494 cm³/mol. The van der Waals surface area contributed by atoms with Crippen molar-refractivity contribution in [2.75, 3.05) is 0 Å². The van der Waals surface area contributed by atoms with E-state index < -0.39 is 0 Å². The monoisotopic (exact) mass is 2160 g/mol. The fourth-order valence-corrected chi connectivity index (χ4v) is 17.1. The number of fused-ring (bicyclic) bond motifs is 12. The number of pyridine rings is 6. The number of aryl methyl sites for hydroxylation is 3. The van der Waals surface area contributed by atoms with Gasteiger partial charge in [0, 0.05) is 91.6 Å². The van der Waals surface area contributed by atoms with Crippen LogP contribution in [0.4, 0.5) is 0 Å². The maximum atomic E-state index is 5.06. The van der Waals surface area contributed by atoms with Crippen LogP contribution in [-0.4, -0.2) is 72.3 Å². The number of para-hydroxylation sites is 4. The molecular formula is C108H69N15Pt3. The SMILES string of the molecule is Cn1c(-c2[c-]c3c(cc2)c2ccccc2n3-c2[c-]c(-c3ccccn3)ccc2)nc2cc(-c3ccccn3)ccc21.Cn1c(-c2[c-]c3c(cc2)c2ccccc2n3-c2[c-]c(-c3ccccn3)ccc2)nc2ccc(-c3ccccn3)cc21.Cn1c(-c2[c-]c3c(cc2)c2ccccc2n3-c2[c-]c(-c3ccccn3)ccc2)nc2cccc(-c3ccccn3)c21.[Pt+2].[Pt+2].[Pt+2]. The molecule has 606 valence electrons. The fraction of sp³-hybridized carbons (Fsp3) is 0.0278. The summed E-state index contributed by atoms with van der Waals surface area (Å²) in [5.41, 5.74) is 29.3. The van der Waals surface area contributed by atoms with Crippen LogP contribution in [0.1, 0.15) is 0 Å². The third-order valence-corrected chi connectivity index (χ3v) is 22.9. The number of hydrogen-bond donors (Lipinski definition) is 0. The van der Waals surface area contributed by atoms with Gasteiger partial charge in [-0.1, -0.05) is 150 Å². The molecule has 0 unspecified atom stereocenters. The molecule has 0 aliphatic heterocycles. The van der Waals surface area contributed by atoms with Crippen LogP contribution in [0, 0.1) is 36.4 Å². The number of imidazole rings is 3. The topological polar surface area (TPSA) is 146 Å². The van der Waals surface area contributed by atoms with Crippen LogP contribution in [0.2, 0.25) is 0 Å². The molecule has 0 aliphatic carbocycles. The van der Waals surface area contributed by atoms with Gasteiger partial charge in [0.15, 0.2) is 0 Å². The van der Waals surface area contributed by atoms with E-state index in [2.05, 4.69) is 309 Å². The number of nitrogens with zero attached hydrogens (tertiary/aromatic N) is 15. The first-order valence-electron chi connectivity index (χ1n) is 40.6. The third kappa shape index (κ3) is 14.7. The molecule has 18 heteroatoms. The first-order chi connectivity index (χ1) is 60.7. The van der Waals surface area contributed by atoms with Gasteiger partial charge in [-0.3, -0.25) is 29.9 Å². The van der Waals surface area contributed by atoms with Crippen LogP contribution in [0.5, 0.6) is 0 Å². The Bertz CT molecular complexity index is 7970. The summed E-state index contributed by atoms with van der Waals surface area (Å²) >= 11 is 0. The number of benzene rings is 12. The summed E-state index contributed by atoms with van der Waals surface area (Å²) in [7, 11) is 6.18. The minimum atomic E-state index is 0. The van der Waals surface area contributed by atoms with Crippen molar-refractivity contribution in [2.45, 2.75) is 0 Å². The first-order valence-corrected chi connectivity index (χ1v) is 40.6. The van der Waals surface area contributed by atoms with Crippen molar-refractivity contribution in [3.63, 3.8) is 0 Å². The van der Waals surface area contributed by atoms with Crippen molar-refractivity contribution in [1.29, 1.82) is 0 Å². The third-order valence-electron chi connectivity index (χ3n) is 22.9. The van der Waals surface area contributed by atoms with E-state index in [-0.39, 0.29) is 63.2 Å². The summed E-state index contributed by atoms with van der Waals surface area (Å²) in [6.07, 6.45) is 10.9. The Morgan fingerprint density at radius 2 is 0.571 bits per heavy atom. The van der Waals surface area contributed by atoms with E-state index in [1.165, 1.54) is 16.2 Å². The Kier molecular flexibility index (Phi) is 22.3. The van der Waals surface area contributed by atoms with Crippen molar-refractivity contribution in [3.05, 3.63) is 401 Å². The first kappa shape index (κ1) is 81.1. The standard InChI is InChI=1S/3C36H23N5.3Pt/c1-40-35-29(31-15-5-7-21-38-31)13-9-16-32(35)39-36(40)25-18-19-28-27-12-2-3-17-33(27)41(34(28)23-25)26-11-8-10-24(22-26)30-14-4-6-20-37-30;1-40-34-18-16-25(31-13-5-7-20-38-31)22-32(34)39-36(40)26-15-17-29-28-11-2-3-14-33(28)41(35(29)23-26)27-10-8-9-24(21-27)30-12-4-6-19-37-30;1-40-35-22-25(31-13-5-7-20-38-31)16-18-32(35)39-36(40)26-15-17-29-28-11-2-3-14-33(28)41(34(29)23-26)27-10-8-9-24(21-27)30-12-4-6-19-37-30;;;/h2-21H,1H3;2*2-20,22H,1H3;;;/q3*-2;3*+2. The van der Waals surface area contributed by atoms with Crippen molar-refractivity contribution >= 4 is 98.5 Å². The van der Waals surface area contributed by atoms with Gasteiger partial charge in [-0.15, -0.1) is 161 Å². The average Bonchev–Trinajstić information content (AvgIpc) is 1.59. The molecule has 126 heavy (non-hydrogen) atoms. The molecule has 0 spiro atoms. The van der Waals surface area contributed by atoms with E-state index in [0.29, 0.717) is 0 Å². The van der Waals surface area contributed by atoms with Gasteiger partial charge >= 0.3 is 63.2 Å². The Labute approximate surface area is 768 Å². The van der Waals surface area contributed by atoms with Crippen LogP contribution in [0.25, 0.3) is 217 Å². The van der Waals surface area contributed by atoms with Crippen molar-refractivity contribution in [2.24, 2.45) is 21.1 Å². The minimum Gasteiger partial charge on any atom is -0.367 e. The smallest absolute Gasteiger partial charge is 0.367 e. The summed E-state index contributed by atoms with van der Waals surface area (Å²) in [4.78, 5) is 42.4. The molecule has 0 aliphatic rings. The van der Waals surface area contributed by atoms with Crippen molar-refractivity contribution in [3.8, 4) is 119 Å². The molecular weight excluding hydrogens is 2090 g/mol. The Balaban J connectivity index is 0.000000122. The predicted octanol–water partition coefficient (Wildman–Crippen LogP) is 24.2. The maximum Gasteiger partial charge on any atom is 2.00 e. The molecule has 24 aromatic rings. The second kappa shape index (κ2) is 34.6. The van der Waals surface area contributed by atoms with E-state index in [1.54, 1.807) is 0 Å². The largest absolute Gasteiger partial charge is 2.00 e. The van der Waals surface area contributed by atoms with Gasteiger partial charge in [-0.2, -0.15) is 0 Å². The fourth-order valence-electron chi connectivity index (χ4n) is 17.1. The quantitative estimate of drug-likeness (QED) is 0.109. The molecule has 0 radical (unpaired) electrons. The summed E-state index contributed by atoms with van der Waals surface area (Å²) in [5, 5.41) is 6.92. The van der Waals surface area contributed by atoms with Crippen LogP contribution < -0.4 is 0 Å². The van der Waals surface area contributed by atoms with Crippen LogP contribution in [0.15, 0.2) is 365 Å². The van der Waals surface area contributed by atoms with Crippen molar-refractivity contribution in [1.82, 2.24) is 72.3 Å². The van der Waals surface area contributed by atoms with Crippen LogP contribution >= 0.6 is 0 Å². The van der Waals surface area contributed by atoms with E-state index in [1.807, 2.05) is 171 Å². The zero-order valence-electron chi connectivity index (χ0n) is 67.8. The van der Waals surface area contributed by atoms with E-state index >= 15 is 0 Å². The van der Waals surface area contributed by atoms with E-state index in [4.69, 9.17) is 15.0 Å². The Morgan fingerprint density at radius 3 is 0.992 bits per heavy atom. The molecule has 0 fully saturated rings. The molecule has 0 saturated carbocycles. The molecule has 0 bridgehead atoms. The van der Waals surface area contributed by atoms with Crippen molar-refractivity contribution < 1.29 is 63.2 Å². The molecule has 12 aromatic carbocycles. The van der Waals surface area contributed by atoms with Gasteiger partial charge in [-0.25, -0.2) is 0 Å². The molecule has 24 rings (SSSR count). The van der Waals surface area contributed by atoms with Gasteiger partial charge in [0.25, 0.3) is 0 Å². The Morgan fingerprint density at radius 1 is 0.222 bits per heavy atom. The number of hydrogen-bond acceptors (Lipinski definition) is 9. The van der Waals surface area contributed by atoms with E-state index in [0.717, 1.165) is 201 Å². The molecule has 0 amide bonds. The second-order valence-electron chi connectivity index (χ2n) is 30.2. The summed E-state index contributed by atoms with van der Waals surface area (Å²) in [5.74, 6) is 2.58. The van der Waals surface area contributed by atoms with Gasteiger partial charge in [0.05, 0.1) is 67.7 Å². The molecule has 0 saturated heterocycles. The normalized spacial score (nSPS) is 11.3. The summed E-state index contributed by atoms with van der Waals surface area (Å²) in [6.45, 7) is 0. The average molecular weight is 2160 g/mol. The van der Waals surface area contributed by atoms with Gasteiger partial charge in [0.1, 0.15) is 0 Å². The van der Waals surface area contributed by atoms with Crippen LogP contribution in [-0.2, 0) is 84.3 Å². The molecule has 0 N–H and O–H groups in total. The second-order valence-corrected chi connectivity index (χ2v) is 30.2. The Hall–Kier alpha value is -14.6. The van der Waals surface area contributed by atoms with Gasteiger partial charge in [-0.05, 0) is 170 Å². The molecule has 0 atom stereocenters. The zero-order chi connectivity index (χ0) is 82.0. The molecule has 15 nitrogen and oxygen atoms in total. The maximum absolute atomic E-state index is 5.06. The molecule has 12 heterocycles. The van der Waals surface area contributed by atoms with Gasteiger partial charge in [0.2, 0.25) is 0 Å².